The van der Waals surface area contributed by atoms with Crippen molar-refractivity contribution in [2.75, 3.05) is 0 Å². The fraction of sp³-hybridized carbons (Fsp3) is 0.667. The minimum absolute atomic E-state index is 0. The number of unbranched alkanes of at least 4 members (excludes halogenated alkanes) is 2. The fourth-order valence-electron chi connectivity index (χ4n) is 1.54. The topological polar surface area (TPSA) is 26.0 Å². The van der Waals surface area contributed by atoms with Gasteiger partial charge in [0.25, 0.3) is 0 Å². The summed E-state index contributed by atoms with van der Waals surface area (Å²) in [6.45, 7) is 4.42. The minimum atomic E-state index is 0. The van der Waals surface area contributed by atoms with E-state index in [9.17, 15) is 0 Å². The van der Waals surface area contributed by atoms with Crippen LogP contribution in [0, 0.1) is 0 Å². The molecule has 1 rings (SSSR count). The van der Waals surface area contributed by atoms with E-state index in [4.69, 9.17) is 5.73 Å². The summed E-state index contributed by atoms with van der Waals surface area (Å²) in [6, 6.07) is 4.67. The van der Waals surface area contributed by atoms with Gasteiger partial charge in [0.1, 0.15) is 0 Å². The van der Waals surface area contributed by atoms with Crippen LogP contribution in [0.1, 0.15) is 55.3 Å². The Balaban J connectivity index is 0.00000196. The van der Waals surface area contributed by atoms with E-state index in [-0.39, 0.29) is 18.4 Å². The van der Waals surface area contributed by atoms with Crippen LogP contribution in [-0.2, 0) is 6.42 Å². The summed E-state index contributed by atoms with van der Waals surface area (Å²) in [6.07, 6.45) is 6.11. The van der Waals surface area contributed by atoms with Crippen LogP contribution in [0.3, 0.4) is 0 Å². The first-order valence-corrected chi connectivity index (χ1v) is 6.43. The van der Waals surface area contributed by atoms with Crippen LogP contribution in [0.25, 0.3) is 0 Å². The summed E-state index contributed by atoms with van der Waals surface area (Å²) in [5.41, 5.74) is 6.11. The molecule has 0 aliphatic rings. The van der Waals surface area contributed by atoms with E-state index >= 15 is 0 Å². The molecule has 0 aromatic carbocycles. The Morgan fingerprint density at radius 1 is 1.27 bits per heavy atom. The lowest BCUT2D eigenvalue weighted by atomic mass is 10.1. The summed E-state index contributed by atoms with van der Waals surface area (Å²) in [5.74, 6) is 0. The lowest BCUT2D eigenvalue weighted by molar-refractivity contribution is 0.587. The van der Waals surface area contributed by atoms with Crippen molar-refractivity contribution < 1.29 is 0 Å². The lowest BCUT2D eigenvalue weighted by Gasteiger charge is -2.08. The van der Waals surface area contributed by atoms with E-state index in [1.54, 1.807) is 0 Å². The molecule has 0 spiro atoms. The van der Waals surface area contributed by atoms with E-state index in [0.29, 0.717) is 0 Å². The van der Waals surface area contributed by atoms with E-state index in [1.165, 1.54) is 29.0 Å². The van der Waals surface area contributed by atoms with Gasteiger partial charge in [-0.05, 0) is 25.0 Å². The summed E-state index contributed by atoms with van der Waals surface area (Å²) in [4.78, 5) is 2.81. The predicted molar refractivity (Wildman–Crippen MR) is 72.0 cm³/mol. The quantitative estimate of drug-likeness (QED) is 0.745. The van der Waals surface area contributed by atoms with Gasteiger partial charge in [-0.15, -0.1) is 23.7 Å². The number of nitrogens with two attached hydrogens (primary N) is 1. The Labute approximate surface area is 103 Å². The molecule has 1 aromatic heterocycles. The summed E-state index contributed by atoms with van der Waals surface area (Å²) >= 11 is 1.87. The summed E-state index contributed by atoms with van der Waals surface area (Å²) in [7, 11) is 0. The highest BCUT2D eigenvalue weighted by atomic mass is 35.5. The molecule has 0 aliphatic carbocycles. The van der Waals surface area contributed by atoms with Crippen LogP contribution in [0.15, 0.2) is 12.1 Å². The molecule has 0 unspecified atom stereocenters. The molecule has 0 saturated heterocycles. The predicted octanol–water partition coefficient (Wildman–Crippen LogP) is 4.31. The highest BCUT2D eigenvalue weighted by Gasteiger charge is 2.07. The third-order valence-corrected chi connectivity index (χ3v) is 3.88. The maximum absolute atomic E-state index is 6.11. The van der Waals surface area contributed by atoms with Gasteiger partial charge < -0.3 is 5.73 Å². The Bertz CT molecular complexity index is 260. The van der Waals surface area contributed by atoms with E-state index < -0.39 is 0 Å². The largest absolute Gasteiger partial charge is 0.323 e. The maximum atomic E-state index is 6.11. The van der Waals surface area contributed by atoms with Gasteiger partial charge in [0.05, 0.1) is 0 Å². The number of aryl methyl sites for hydroxylation is 1. The van der Waals surface area contributed by atoms with Crippen LogP contribution in [0.4, 0.5) is 0 Å². The highest BCUT2D eigenvalue weighted by molar-refractivity contribution is 7.12. The zero-order valence-corrected chi connectivity index (χ0v) is 11.3. The Hall–Kier alpha value is -0.0500. The van der Waals surface area contributed by atoms with Crippen molar-refractivity contribution in [3.05, 3.63) is 21.9 Å². The van der Waals surface area contributed by atoms with E-state index in [0.717, 1.165) is 12.8 Å². The van der Waals surface area contributed by atoms with Crippen LogP contribution in [-0.4, -0.2) is 0 Å². The van der Waals surface area contributed by atoms with Gasteiger partial charge in [0, 0.05) is 15.8 Å². The molecule has 0 bridgehead atoms. The average molecular weight is 248 g/mol. The molecule has 15 heavy (non-hydrogen) atoms. The maximum Gasteiger partial charge on any atom is 0.0389 e. The highest BCUT2D eigenvalue weighted by Crippen LogP contribution is 2.25. The van der Waals surface area contributed by atoms with E-state index in [1.807, 2.05) is 11.3 Å². The monoisotopic (exact) mass is 247 g/mol. The van der Waals surface area contributed by atoms with Crippen molar-refractivity contribution in [3.8, 4) is 0 Å². The van der Waals surface area contributed by atoms with Crippen molar-refractivity contribution in [3.63, 3.8) is 0 Å². The van der Waals surface area contributed by atoms with Gasteiger partial charge in [0.2, 0.25) is 0 Å². The molecule has 2 N–H and O–H groups in total. The normalized spacial score (nSPS) is 12.2. The molecule has 1 aromatic rings. The fourth-order valence-corrected chi connectivity index (χ4v) is 2.53. The second-order valence-electron chi connectivity index (χ2n) is 3.76. The molecular weight excluding hydrogens is 226 g/mol. The molecule has 88 valence electrons. The second-order valence-corrected chi connectivity index (χ2v) is 4.96. The van der Waals surface area contributed by atoms with Crippen LogP contribution >= 0.6 is 23.7 Å². The molecule has 0 radical (unpaired) electrons. The third kappa shape index (κ3) is 5.01. The summed E-state index contributed by atoms with van der Waals surface area (Å²) in [5, 5.41) is 0. The van der Waals surface area contributed by atoms with Crippen molar-refractivity contribution in [2.45, 2.75) is 52.0 Å². The van der Waals surface area contributed by atoms with Crippen LogP contribution in [0.5, 0.6) is 0 Å². The molecule has 0 saturated carbocycles. The molecule has 3 heteroatoms. The standard InChI is InChI=1S/C12H21NS.ClH/c1-3-5-6-7-11(13)12-9-8-10(4-2)14-12;/h8-9,11H,3-7,13H2,1-2H3;1H/t11-;/m0./s1. The second kappa shape index (κ2) is 8.14. The van der Waals surface area contributed by atoms with Crippen LogP contribution < -0.4 is 5.73 Å². The van der Waals surface area contributed by atoms with E-state index in [2.05, 4.69) is 26.0 Å². The lowest BCUT2D eigenvalue weighted by Crippen LogP contribution is -2.07. The molecular formula is C12H22ClNS. The molecule has 1 atom stereocenters. The number of rotatable bonds is 6. The first kappa shape index (κ1) is 14.9. The average Bonchev–Trinajstić information content (AvgIpc) is 2.66. The smallest absolute Gasteiger partial charge is 0.0389 e. The minimum Gasteiger partial charge on any atom is -0.323 e. The number of hydrogen-bond acceptors (Lipinski definition) is 2. The summed E-state index contributed by atoms with van der Waals surface area (Å²) < 4.78 is 0. The van der Waals surface area contributed by atoms with Crippen molar-refractivity contribution in [1.82, 2.24) is 0 Å². The molecule has 0 aliphatic heterocycles. The van der Waals surface area contributed by atoms with Gasteiger partial charge in [-0.1, -0.05) is 33.1 Å². The first-order valence-electron chi connectivity index (χ1n) is 5.62. The molecule has 1 nitrogen and oxygen atoms in total. The van der Waals surface area contributed by atoms with Gasteiger partial charge in [0.15, 0.2) is 0 Å². The van der Waals surface area contributed by atoms with Crippen molar-refractivity contribution >= 4 is 23.7 Å². The van der Waals surface area contributed by atoms with Gasteiger partial charge in [-0.3, -0.25) is 0 Å². The SMILES string of the molecule is CCCCC[C@H](N)c1ccc(CC)s1.Cl. The number of halogens is 1. The molecule has 1 heterocycles. The van der Waals surface area contributed by atoms with Crippen molar-refractivity contribution in [2.24, 2.45) is 5.73 Å². The van der Waals surface area contributed by atoms with Crippen LogP contribution in [0.2, 0.25) is 0 Å². The molecule has 0 fully saturated rings. The van der Waals surface area contributed by atoms with Gasteiger partial charge >= 0.3 is 0 Å². The molecule has 0 amide bonds. The Kier molecular flexibility index (Phi) is 8.12. The Morgan fingerprint density at radius 3 is 2.53 bits per heavy atom. The first-order chi connectivity index (χ1) is 6.77. The third-order valence-electron chi connectivity index (χ3n) is 2.52. The van der Waals surface area contributed by atoms with Gasteiger partial charge in [-0.25, -0.2) is 0 Å². The Morgan fingerprint density at radius 2 is 2.00 bits per heavy atom. The number of thiophene rings is 1. The zero-order chi connectivity index (χ0) is 10.4. The van der Waals surface area contributed by atoms with Gasteiger partial charge in [-0.2, -0.15) is 0 Å². The zero-order valence-electron chi connectivity index (χ0n) is 9.66. The van der Waals surface area contributed by atoms with Crippen molar-refractivity contribution in [1.29, 1.82) is 0 Å². The number of hydrogen-bond donors (Lipinski definition) is 1.